The molecular weight excluding hydrogens is 238 g/mol. The molecule has 4 nitrogen and oxygen atoms in total. The molecule has 5 heteroatoms. The van der Waals surface area contributed by atoms with Crippen LogP contribution in [0.25, 0.3) is 0 Å². The van der Waals surface area contributed by atoms with E-state index in [1.807, 2.05) is 18.7 Å². The van der Waals surface area contributed by atoms with Gasteiger partial charge in [0.2, 0.25) is 0 Å². The topological polar surface area (TPSA) is 30.3 Å². The van der Waals surface area contributed by atoms with Crippen LogP contribution in [0.4, 0.5) is 0 Å². The first-order valence-electron chi connectivity index (χ1n) is 6.17. The Balaban J connectivity index is 1.71. The second-order valence-corrected chi connectivity index (χ2v) is 4.95. The van der Waals surface area contributed by atoms with E-state index in [2.05, 4.69) is 21.4 Å². The molecule has 96 valence electrons. The number of hydrogen-bond acceptors (Lipinski definition) is 3. The molecule has 0 aliphatic carbocycles. The zero-order valence-electron chi connectivity index (χ0n) is 10.3. The van der Waals surface area contributed by atoms with Crippen LogP contribution in [0.2, 0.25) is 0 Å². The van der Waals surface area contributed by atoms with Gasteiger partial charge in [0.1, 0.15) is 0 Å². The van der Waals surface area contributed by atoms with Crippen LogP contribution >= 0.6 is 11.6 Å². The third-order valence-electron chi connectivity index (χ3n) is 3.02. The molecule has 2 atom stereocenters. The van der Waals surface area contributed by atoms with Gasteiger partial charge in [0.25, 0.3) is 0 Å². The molecule has 0 saturated carbocycles. The summed E-state index contributed by atoms with van der Waals surface area (Å²) in [6.07, 6.45) is 7.31. The molecule has 0 spiro atoms. The SMILES string of the molecule is CC1CN(CCCn2ccnc2)CC(CCl)O1. The predicted octanol–water partition coefficient (Wildman–Crippen LogP) is 1.60. The summed E-state index contributed by atoms with van der Waals surface area (Å²) in [6.45, 7) is 6.20. The maximum atomic E-state index is 5.86. The molecule has 2 heterocycles. The molecule has 0 amide bonds. The Morgan fingerprint density at radius 3 is 3.00 bits per heavy atom. The smallest absolute Gasteiger partial charge is 0.0945 e. The van der Waals surface area contributed by atoms with Gasteiger partial charge in [0.15, 0.2) is 0 Å². The number of alkyl halides is 1. The normalized spacial score (nSPS) is 26.2. The largest absolute Gasteiger partial charge is 0.371 e. The lowest BCUT2D eigenvalue weighted by Gasteiger charge is -2.36. The van der Waals surface area contributed by atoms with Gasteiger partial charge in [-0.05, 0) is 13.3 Å². The highest BCUT2D eigenvalue weighted by Gasteiger charge is 2.23. The van der Waals surface area contributed by atoms with Crippen molar-refractivity contribution >= 4 is 11.6 Å². The van der Waals surface area contributed by atoms with Crippen molar-refractivity contribution in [1.82, 2.24) is 14.5 Å². The molecule has 1 aliphatic heterocycles. The molecule has 1 aromatic heterocycles. The number of morpholine rings is 1. The van der Waals surface area contributed by atoms with Crippen LogP contribution in [0.5, 0.6) is 0 Å². The maximum Gasteiger partial charge on any atom is 0.0945 e. The van der Waals surface area contributed by atoms with E-state index in [1.165, 1.54) is 0 Å². The molecule has 17 heavy (non-hydrogen) atoms. The summed E-state index contributed by atoms with van der Waals surface area (Å²) in [4.78, 5) is 6.48. The second kappa shape index (κ2) is 6.38. The van der Waals surface area contributed by atoms with Crippen molar-refractivity contribution in [3.05, 3.63) is 18.7 Å². The zero-order valence-corrected chi connectivity index (χ0v) is 11.0. The quantitative estimate of drug-likeness (QED) is 0.751. The van der Waals surface area contributed by atoms with Gasteiger partial charge in [-0.3, -0.25) is 4.90 Å². The predicted molar refractivity (Wildman–Crippen MR) is 68.3 cm³/mol. The molecular formula is C12H20ClN3O. The molecule has 1 fully saturated rings. The second-order valence-electron chi connectivity index (χ2n) is 4.64. The van der Waals surface area contributed by atoms with Gasteiger partial charge in [0.05, 0.1) is 18.5 Å². The fourth-order valence-corrected chi connectivity index (χ4v) is 2.47. The summed E-state index contributed by atoms with van der Waals surface area (Å²) in [7, 11) is 0. The van der Waals surface area contributed by atoms with E-state index in [0.29, 0.717) is 12.0 Å². The van der Waals surface area contributed by atoms with Crippen molar-refractivity contribution in [2.24, 2.45) is 0 Å². The van der Waals surface area contributed by atoms with E-state index in [-0.39, 0.29) is 6.10 Å². The van der Waals surface area contributed by atoms with Gasteiger partial charge in [-0.2, -0.15) is 0 Å². The fraction of sp³-hybridized carbons (Fsp3) is 0.750. The van der Waals surface area contributed by atoms with E-state index in [9.17, 15) is 0 Å². The van der Waals surface area contributed by atoms with E-state index >= 15 is 0 Å². The van der Waals surface area contributed by atoms with E-state index in [1.54, 1.807) is 0 Å². The molecule has 2 rings (SSSR count). The number of hydrogen-bond donors (Lipinski definition) is 0. The highest BCUT2D eigenvalue weighted by molar-refractivity contribution is 6.18. The number of halogens is 1. The van der Waals surface area contributed by atoms with Crippen molar-refractivity contribution in [3.8, 4) is 0 Å². The Labute approximate surface area is 108 Å². The van der Waals surface area contributed by atoms with E-state index < -0.39 is 0 Å². The minimum atomic E-state index is 0.189. The number of aromatic nitrogens is 2. The van der Waals surface area contributed by atoms with Crippen molar-refractivity contribution in [2.45, 2.75) is 32.1 Å². The first kappa shape index (κ1) is 12.9. The molecule has 0 aromatic carbocycles. The summed E-state index contributed by atoms with van der Waals surface area (Å²) in [6, 6.07) is 0. The minimum Gasteiger partial charge on any atom is -0.371 e. The fourth-order valence-electron chi connectivity index (χ4n) is 2.30. The summed E-state index contributed by atoms with van der Waals surface area (Å²) >= 11 is 5.86. The average molecular weight is 258 g/mol. The minimum absolute atomic E-state index is 0.189. The number of rotatable bonds is 5. The van der Waals surface area contributed by atoms with Crippen LogP contribution in [0.15, 0.2) is 18.7 Å². The molecule has 1 aromatic rings. The van der Waals surface area contributed by atoms with Gasteiger partial charge < -0.3 is 9.30 Å². The Bertz CT molecular complexity index is 318. The zero-order chi connectivity index (χ0) is 12.1. The molecule has 2 unspecified atom stereocenters. The van der Waals surface area contributed by atoms with Gasteiger partial charge >= 0.3 is 0 Å². The molecule has 0 bridgehead atoms. The van der Waals surface area contributed by atoms with Crippen LogP contribution < -0.4 is 0 Å². The Hall–Kier alpha value is -0.580. The lowest BCUT2D eigenvalue weighted by Crippen LogP contribution is -2.47. The van der Waals surface area contributed by atoms with Crippen molar-refractivity contribution in [2.75, 3.05) is 25.5 Å². The number of nitrogens with zero attached hydrogens (tertiary/aromatic N) is 3. The number of imidazole rings is 1. The molecule has 0 N–H and O–H groups in total. The lowest BCUT2D eigenvalue weighted by atomic mass is 10.2. The highest BCUT2D eigenvalue weighted by Crippen LogP contribution is 2.12. The monoisotopic (exact) mass is 257 g/mol. The van der Waals surface area contributed by atoms with Gasteiger partial charge in [-0.15, -0.1) is 11.6 Å². The number of aryl methyl sites for hydroxylation is 1. The van der Waals surface area contributed by atoms with Crippen molar-refractivity contribution < 1.29 is 4.74 Å². The standard InChI is InChI=1S/C12H20ClN3O/c1-11-8-16(9-12(7-13)17-11)5-2-4-15-6-3-14-10-15/h3,6,10-12H,2,4-5,7-9H2,1H3. The number of ether oxygens (including phenoxy) is 1. The molecule has 1 aliphatic rings. The highest BCUT2D eigenvalue weighted by atomic mass is 35.5. The lowest BCUT2D eigenvalue weighted by molar-refractivity contribution is -0.0666. The van der Waals surface area contributed by atoms with Gasteiger partial charge in [-0.1, -0.05) is 0 Å². The maximum absolute atomic E-state index is 5.86. The molecule has 0 radical (unpaired) electrons. The first-order valence-corrected chi connectivity index (χ1v) is 6.71. The van der Waals surface area contributed by atoms with Crippen molar-refractivity contribution in [1.29, 1.82) is 0 Å². The molecule has 1 saturated heterocycles. The first-order chi connectivity index (χ1) is 8.28. The van der Waals surface area contributed by atoms with Crippen LogP contribution in [0, 0.1) is 0 Å². The van der Waals surface area contributed by atoms with Crippen LogP contribution in [0.3, 0.4) is 0 Å². The van der Waals surface area contributed by atoms with Gasteiger partial charge in [0, 0.05) is 44.5 Å². The summed E-state index contributed by atoms with van der Waals surface area (Å²) in [5.74, 6) is 0.586. The van der Waals surface area contributed by atoms with Gasteiger partial charge in [-0.25, -0.2) is 4.98 Å². The van der Waals surface area contributed by atoms with E-state index in [4.69, 9.17) is 16.3 Å². The van der Waals surface area contributed by atoms with Crippen LogP contribution in [-0.4, -0.2) is 52.2 Å². The summed E-state index contributed by atoms with van der Waals surface area (Å²) in [5, 5.41) is 0. The summed E-state index contributed by atoms with van der Waals surface area (Å²) in [5.41, 5.74) is 0. The van der Waals surface area contributed by atoms with Crippen LogP contribution in [0.1, 0.15) is 13.3 Å². The third kappa shape index (κ3) is 3.98. The Morgan fingerprint density at radius 1 is 1.41 bits per heavy atom. The summed E-state index contributed by atoms with van der Waals surface area (Å²) < 4.78 is 7.84. The third-order valence-corrected chi connectivity index (χ3v) is 3.37. The van der Waals surface area contributed by atoms with Crippen LogP contribution in [-0.2, 0) is 11.3 Å². The Kier molecular flexibility index (Phi) is 4.83. The average Bonchev–Trinajstić information content (AvgIpc) is 2.81. The van der Waals surface area contributed by atoms with Crippen molar-refractivity contribution in [3.63, 3.8) is 0 Å². The Morgan fingerprint density at radius 2 is 2.29 bits per heavy atom. The van der Waals surface area contributed by atoms with E-state index in [0.717, 1.165) is 32.6 Å².